The zero-order chi connectivity index (χ0) is 13.5. The molecule has 0 radical (unpaired) electrons. The Labute approximate surface area is 115 Å². The van der Waals surface area contributed by atoms with Crippen molar-refractivity contribution in [3.8, 4) is 0 Å². The molecular weight excluding hydrogens is 244 g/mol. The maximum Gasteiger partial charge on any atom is 0.0596 e. The highest BCUT2D eigenvalue weighted by atomic mass is 32.1. The average molecular weight is 270 g/mol. The number of nitrogens with zero attached hydrogens (tertiary/aromatic N) is 1. The van der Waals surface area contributed by atoms with Crippen LogP contribution in [0.25, 0.3) is 0 Å². The van der Waals surface area contributed by atoms with Crippen LogP contribution in [0.2, 0.25) is 0 Å². The minimum atomic E-state index is 0.323. The van der Waals surface area contributed by atoms with E-state index >= 15 is 0 Å². The van der Waals surface area contributed by atoms with Crippen LogP contribution in [0.3, 0.4) is 0 Å². The van der Waals surface area contributed by atoms with Crippen LogP contribution in [0, 0.1) is 6.92 Å². The Bertz CT molecular complexity index is 350. The number of aryl methyl sites for hydroxylation is 1. The number of rotatable bonds is 8. The van der Waals surface area contributed by atoms with Crippen molar-refractivity contribution < 1.29 is 4.74 Å². The summed E-state index contributed by atoms with van der Waals surface area (Å²) in [7, 11) is 4.14. The first-order valence-electron chi connectivity index (χ1n) is 6.56. The molecule has 0 aliphatic carbocycles. The Morgan fingerprint density at radius 2 is 2.17 bits per heavy atom. The van der Waals surface area contributed by atoms with E-state index < -0.39 is 0 Å². The predicted molar refractivity (Wildman–Crippen MR) is 79.2 cm³/mol. The Balaban J connectivity index is 2.41. The lowest BCUT2D eigenvalue weighted by atomic mass is 10.2. The fourth-order valence-electron chi connectivity index (χ4n) is 1.82. The summed E-state index contributed by atoms with van der Waals surface area (Å²) in [6.07, 6.45) is 0.323. The third kappa shape index (κ3) is 5.48. The number of thiophene rings is 1. The van der Waals surface area contributed by atoms with Crippen LogP contribution in [0.15, 0.2) is 6.07 Å². The Morgan fingerprint density at radius 1 is 1.44 bits per heavy atom. The van der Waals surface area contributed by atoms with E-state index in [-0.39, 0.29) is 0 Å². The van der Waals surface area contributed by atoms with Gasteiger partial charge in [0.15, 0.2) is 0 Å². The first-order chi connectivity index (χ1) is 8.52. The summed E-state index contributed by atoms with van der Waals surface area (Å²) in [6.45, 7) is 10.1. The molecule has 1 aromatic rings. The number of ether oxygens (including phenoxy) is 1. The summed E-state index contributed by atoms with van der Waals surface area (Å²) in [5, 5.41) is 3.20. The summed E-state index contributed by atoms with van der Waals surface area (Å²) in [6, 6.07) is 2.32. The molecule has 0 saturated heterocycles. The van der Waals surface area contributed by atoms with Gasteiger partial charge in [0.1, 0.15) is 0 Å². The van der Waals surface area contributed by atoms with E-state index in [1.54, 1.807) is 0 Å². The maximum atomic E-state index is 5.58. The van der Waals surface area contributed by atoms with Gasteiger partial charge < -0.3 is 10.1 Å². The van der Waals surface area contributed by atoms with Gasteiger partial charge in [-0.25, -0.2) is 0 Å². The molecule has 0 aromatic carbocycles. The molecule has 0 bridgehead atoms. The molecule has 18 heavy (non-hydrogen) atoms. The van der Waals surface area contributed by atoms with E-state index in [2.05, 4.69) is 44.1 Å². The molecule has 1 rings (SSSR count). The van der Waals surface area contributed by atoms with Gasteiger partial charge in [0.2, 0.25) is 0 Å². The molecular formula is C14H26N2OS. The minimum absolute atomic E-state index is 0.323. The second kappa shape index (κ2) is 7.89. The Kier molecular flexibility index (Phi) is 6.86. The van der Waals surface area contributed by atoms with E-state index in [0.717, 1.165) is 26.2 Å². The standard InChI is InChI=1S/C14H26N2OS/c1-11(2)17-7-6-16(5)10-13-8-14(9-15-4)18-12(13)3/h8,11,15H,6-7,9-10H2,1-5H3. The van der Waals surface area contributed by atoms with Crippen molar-refractivity contribution in [3.63, 3.8) is 0 Å². The van der Waals surface area contributed by atoms with Gasteiger partial charge in [0.05, 0.1) is 12.7 Å². The molecule has 1 N–H and O–H groups in total. The SMILES string of the molecule is CNCc1cc(CN(C)CCOC(C)C)c(C)s1. The smallest absolute Gasteiger partial charge is 0.0596 e. The van der Waals surface area contributed by atoms with E-state index in [1.165, 1.54) is 15.3 Å². The first kappa shape index (κ1) is 15.6. The minimum Gasteiger partial charge on any atom is -0.377 e. The fraction of sp³-hybridized carbons (Fsp3) is 0.714. The highest BCUT2D eigenvalue weighted by Crippen LogP contribution is 2.22. The van der Waals surface area contributed by atoms with Crippen molar-refractivity contribution >= 4 is 11.3 Å². The lowest BCUT2D eigenvalue weighted by molar-refractivity contribution is 0.0627. The third-order valence-corrected chi connectivity index (χ3v) is 3.88. The van der Waals surface area contributed by atoms with Crippen LogP contribution < -0.4 is 5.32 Å². The van der Waals surface area contributed by atoms with Crippen molar-refractivity contribution in [2.75, 3.05) is 27.2 Å². The molecule has 1 aromatic heterocycles. The van der Waals surface area contributed by atoms with Crippen LogP contribution in [0.5, 0.6) is 0 Å². The lowest BCUT2D eigenvalue weighted by Gasteiger charge is -2.17. The first-order valence-corrected chi connectivity index (χ1v) is 7.37. The van der Waals surface area contributed by atoms with Crippen LogP contribution in [-0.4, -0.2) is 38.3 Å². The average Bonchev–Trinajstić information content (AvgIpc) is 2.59. The number of likely N-dealkylation sites (N-methyl/N-ethyl adjacent to an activating group) is 1. The number of hydrogen-bond donors (Lipinski definition) is 1. The van der Waals surface area contributed by atoms with Gasteiger partial charge >= 0.3 is 0 Å². The van der Waals surface area contributed by atoms with Crippen molar-refractivity contribution in [1.82, 2.24) is 10.2 Å². The van der Waals surface area contributed by atoms with E-state index in [4.69, 9.17) is 4.74 Å². The predicted octanol–water partition coefficient (Wildman–Crippen LogP) is 2.63. The molecule has 4 heteroatoms. The zero-order valence-corrected chi connectivity index (χ0v) is 13.1. The fourth-order valence-corrected chi connectivity index (χ4v) is 2.89. The number of hydrogen-bond acceptors (Lipinski definition) is 4. The van der Waals surface area contributed by atoms with Gasteiger partial charge in [-0.2, -0.15) is 0 Å². The molecule has 0 spiro atoms. The van der Waals surface area contributed by atoms with E-state index in [9.17, 15) is 0 Å². The monoisotopic (exact) mass is 270 g/mol. The summed E-state index contributed by atoms with van der Waals surface area (Å²) >= 11 is 1.89. The second-order valence-electron chi connectivity index (χ2n) is 4.98. The summed E-state index contributed by atoms with van der Waals surface area (Å²) in [5.41, 5.74) is 1.44. The van der Waals surface area contributed by atoms with Gasteiger partial charge in [-0.05, 0) is 46.5 Å². The topological polar surface area (TPSA) is 24.5 Å². The normalized spacial score (nSPS) is 11.7. The third-order valence-electron chi connectivity index (χ3n) is 2.79. The van der Waals surface area contributed by atoms with Crippen molar-refractivity contribution in [3.05, 3.63) is 21.4 Å². The van der Waals surface area contributed by atoms with Crippen LogP contribution in [-0.2, 0) is 17.8 Å². The molecule has 0 unspecified atom stereocenters. The van der Waals surface area contributed by atoms with Crippen LogP contribution >= 0.6 is 11.3 Å². The summed E-state index contributed by atoms with van der Waals surface area (Å²) in [4.78, 5) is 5.16. The molecule has 0 saturated carbocycles. The molecule has 3 nitrogen and oxygen atoms in total. The summed E-state index contributed by atoms with van der Waals surface area (Å²) < 4.78 is 5.58. The van der Waals surface area contributed by atoms with Crippen LogP contribution in [0.1, 0.15) is 29.2 Å². The van der Waals surface area contributed by atoms with Crippen LogP contribution in [0.4, 0.5) is 0 Å². The van der Waals surface area contributed by atoms with Crippen molar-refractivity contribution in [1.29, 1.82) is 0 Å². The molecule has 0 amide bonds. The molecule has 104 valence electrons. The van der Waals surface area contributed by atoms with Crippen molar-refractivity contribution in [2.45, 2.75) is 40.0 Å². The molecule has 0 aliphatic heterocycles. The van der Waals surface area contributed by atoms with Gasteiger partial charge in [-0.3, -0.25) is 4.90 Å². The van der Waals surface area contributed by atoms with E-state index in [0.29, 0.717) is 6.10 Å². The maximum absolute atomic E-state index is 5.58. The largest absolute Gasteiger partial charge is 0.377 e. The van der Waals surface area contributed by atoms with Gasteiger partial charge in [-0.1, -0.05) is 0 Å². The quantitative estimate of drug-likeness (QED) is 0.786. The highest BCUT2D eigenvalue weighted by molar-refractivity contribution is 7.12. The second-order valence-corrected chi connectivity index (χ2v) is 6.32. The highest BCUT2D eigenvalue weighted by Gasteiger charge is 2.08. The molecule has 1 heterocycles. The Morgan fingerprint density at radius 3 is 2.78 bits per heavy atom. The molecule has 0 atom stereocenters. The lowest BCUT2D eigenvalue weighted by Crippen LogP contribution is -2.24. The Hall–Kier alpha value is -0.420. The summed E-state index contributed by atoms with van der Waals surface area (Å²) in [5.74, 6) is 0. The van der Waals surface area contributed by atoms with Gasteiger partial charge in [0, 0.05) is 29.4 Å². The number of nitrogens with one attached hydrogen (secondary N) is 1. The van der Waals surface area contributed by atoms with Gasteiger partial charge in [0.25, 0.3) is 0 Å². The van der Waals surface area contributed by atoms with E-state index in [1.807, 2.05) is 18.4 Å². The van der Waals surface area contributed by atoms with Gasteiger partial charge in [-0.15, -0.1) is 11.3 Å². The van der Waals surface area contributed by atoms with Crippen molar-refractivity contribution in [2.24, 2.45) is 0 Å². The molecule has 0 aliphatic rings. The zero-order valence-electron chi connectivity index (χ0n) is 12.2. The molecule has 0 fully saturated rings.